The molecule has 1 rings (SSSR count). The normalized spacial score (nSPS) is 12.4. The second-order valence-corrected chi connectivity index (χ2v) is 5.50. The monoisotopic (exact) mass is 295 g/mol. The minimum Gasteiger partial charge on any atom is -0.480 e. The van der Waals surface area contributed by atoms with Crippen molar-refractivity contribution in [3.63, 3.8) is 0 Å². The summed E-state index contributed by atoms with van der Waals surface area (Å²) in [5.74, 6) is -0.591. The molecule has 3 N–H and O–H groups in total. The van der Waals surface area contributed by atoms with E-state index in [0.29, 0.717) is 17.9 Å². The van der Waals surface area contributed by atoms with Crippen LogP contribution < -0.4 is 10.6 Å². The summed E-state index contributed by atoms with van der Waals surface area (Å²) >= 11 is 0. The first-order valence-corrected chi connectivity index (χ1v) is 6.66. The highest BCUT2D eigenvalue weighted by atomic mass is 16.6. The maximum absolute atomic E-state index is 11.6. The molecule has 0 fully saturated rings. The van der Waals surface area contributed by atoms with Crippen molar-refractivity contribution in [1.29, 1.82) is 0 Å². The van der Waals surface area contributed by atoms with Crippen LogP contribution in [-0.4, -0.2) is 33.8 Å². The lowest BCUT2D eigenvalue weighted by Gasteiger charge is -2.19. The average molecular weight is 295 g/mol. The second kappa shape index (κ2) is 6.92. The maximum Gasteiger partial charge on any atom is 0.413 e. The number of pyridine rings is 1. The van der Waals surface area contributed by atoms with Crippen molar-refractivity contribution in [2.24, 2.45) is 0 Å². The Bertz CT molecular complexity index is 494. The molecule has 1 aromatic rings. The van der Waals surface area contributed by atoms with Crippen molar-refractivity contribution in [3.05, 3.63) is 18.3 Å². The van der Waals surface area contributed by atoms with E-state index >= 15 is 0 Å². The molecule has 1 amide bonds. The van der Waals surface area contributed by atoms with Crippen molar-refractivity contribution in [1.82, 2.24) is 4.98 Å². The highest BCUT2D eigenvalue weighted by Gasteiger charge is 2.17. The fourth-order valence-electron chi connectivity index (χ4n) is 1.50. The van der Waals surface area contributed by atoms with E-state index in [4.69, 9.17) is 9.84 Å². The number of nitrogens with one attached hydrogen (secondary N) is 2. The van der Waals surface area contributed by atoms with Gasteiger partial charge in [0.2, 0.25) is 0 Å². The number of aliphatic carboxylic acids is 1. The minimum atomic E-state index is -0.923. The summed E-state index contributed by atoms with van der Waals surface area (Å²) in [7, 11) is 0. The van der Waals surface area contributed by atoms with E-state index in [-0.39, 0.29) is 0 Å². The number of aromatic nitrogens is 1. The largest absolute Gasteiger partial charge is 0.480 e. The minimum absolute atomic E-state index is 0.332. The Labute approximate surface area is 123 Å². The zero-order valence-electron chi connectivity index (χ0n) is 12.6. The molecule has 116 valence electrons. The Hall–Kier alpha value is -2.31. The first-order chi connectivity index (χ1) is 9.71. The van der Waals surface area contributed by atoms with Crippen LogP contribution in [0.5, 0.6) is 0 Å². The number of anilines is 2. The van der Waals surface area contributed by atoms with Gasteiger partial charge in [-0.25, -0.2) is 14.6 Å². The number of rotatable bonds is 5. The van der Waals surface area contributed by atoms with Gasteiger partial charge in [0.05, 0.1) is 11.9 Å². The third-order valence-electron chi connectivity index (χ3n) is 2.44. The van der Waals surface area contributed by atoms with Crippen molar-refractivity contribution in [2.75, 3.05) is 10.6 Å². The Balaban J connectivity index is 2.62. The maximum atomic E-state index is 11.6. The molecule has 0 radical (unpaired) electrons. The quantitative estimate of drug-likeness (QED) is 0.772. The number of ether oxygens (including phenoxy) is 1. The topological polar surface area (TPSA) is 101 Å². The summed E-state index contributed by atoms with van der Waals surface area (Å²) in [6, 6.07) is 2.54. The van der Waals surface area contributed by atoms with E-state index in [9.17, 15) is 9.59 Å². The predicted octanol–water partition coefficient (Wildman–Crippen LogP) is 2.70. The molecule has 7 heteroatoms. The molecule has 0 bridgehead atoms. The van der Waals surface area contributed by atoms with Gasteiger partial charge in [-0.1, -0.05) is 6.92 Å². The Morgan fingerprint density at radius 2 is 2.05 bits per heavy atom. The van der Waals surface area contributed by atoms with Gasteiger partial charge in [-0.2, -0.15) is 0 Å². The molecule has 0 aliphatic carbocycles. The van der Waals surface area contributed by atoms with E-state index in [1.54, 1.807) is 39.8 Å². The lowest BCUT2D eigenvalue weighted by atomic mass is 10.2. The van der Waals surface area contributed by atoms with Gasteiger partial charge in [-0.05, 0) is 39.3 Å². The van der Waals surface area contributed by atoms with E-state index in [1.807, 2.05) is 0 Å². The predicted molar refractivity (Wildman–Crippen MR) is 79.4 cm³/mol. The Kier molecular flexibility index (Phi) is 5.52. The van der Waals surface area contributed by atoms with Crippen LogP contribution in [0.25, 0.3) is 0 Å². The molecule has 1 atom stereocenters. The Morgan fingerprint density at radius 1 is 1.38 bits per heavy atom. The Morgan fingerprint density at radius 3 is 2.48 bits per heavy atom. The average Bonchev–Trinajstić information content (AvgIpc) is 2.35. The van der Waals surface area contributed by atoms with Crippen LogP contribution in [0.1, 0.15) is 34.1 Å². The molecule has 0 aliphatic heterocycles. The van der Waals surface area contributed by atoms with E-state index < -0.39 is 23.7 Å². The summed E-state index contributed by atoms with van der Waals surface area (Å²) in [6.45, 7) is 7.08. The van der Waals surface area contributed by atoms with Crippen LogP contribution in [0.4, 0.5) is 16.3 Å². The van der Waals surface area contributed by atoms with Crippen molar-refractivity contribution in [2.45, 2.75) is 45.8 Å². The number of carboxylic acids is 1. The number of hydrogen-bond donors (Lipinski definition) is 3. The highest BCUT2D eigenvalue weighted by molar-refractivity contribution is 5.83. The molecule has 0 aromatic carbocycles. The molecule has 7 nitrogen and oxygen atoms in total. The number of nitrogens with zero attached hydrogens (tertiary/aromatic N) is 1. The molecule has 1 heterocycles. The molecular weight excluding hydrogens is 274 g/mol. The number of amides is 1. The third kappa shape index (κ3) is 6.11. The smallest absolute Gasteiger partial charge is 0.413 e. The molecule has 21 heavy (non-hydrogen) atoms. The summed E-state index contributed by atoms with van der Waals surface area (Å²) in [5.41, 5.74) is -0.0134. The number of carboxylic acid groups (broad SMARTS) is 1. The summed E-state index contributed by atoms with van der Waals surface area (Å²) < 4.78 is 5.10. The zero-order chi connectivity index (χ0) is 16.0. The zero-order valence-corrected chi connectivity index (χ0v) is 12.6. The molecule has 1 aromatic heterocycles. The van der Waals surface area contributed by atoms with Gasteiger partial charge in [0.15, 0.2) is 0 Å². The van der Waals surface area contributed by atoms with Crippen molar-refractivity contribution in [3.8, 4) is 0 Å². The van der Waals surface area contributed by atoms with Gasteiger partial charge in [0.25, 0.3) is 0 Å². The summed E-state index contributed by atoms with van der Waals surface area (Å²) in [6.07, 6.45) is 1.32. The molecule has 0 spiro atoms. The van der Waals surface area contributed by atoms with Crippen LogP contribution in [0.3, 0.4) is 0 Å². The summed E-state index contributed by atoms with van der Waals surface area (Å²) in [5, 5.41) is 14.3. The first kappa shape index (κ1) is 16.7. The second-order valence-electron chi connectivity index (χ2n) is 5.50. The van der Waals surface area contributed by atoms with Gasteiger partial charge in [0.1, 0.15) is 17.5 Å². The van der Waals surface area contributed by atoms with Gasteiger partial charge in [-0.3, -0.25) is 5.32 Å². The molecule has 0 aliphatic rings. The third-order valence-corrected chi connectivity index (χ3v) is 2.44. The van der Waals surface area contributed by atoms with Gasteiger partial charge < -0.3 is 15.2 Å². The van der Waals surface area contributed by atoms with Crippen LogP contribution in [-0.2, 0) is 9.53 Å². The number of hydrogen-bond acceptors (Lipinski definition) is 5. The SMILES string of the molecule is CCC(Nc1ccc(NC(=O)OC(C)(C)C)nc1)C(=O)O. The highest BCUT2D eigenvalue weighted by Crippen LogP contribution is 2.14. The van der Waals surface area contributed by atoms with Crippen molar-refractivity contribution < 1.29 is 19.4 Å². The van der Waals surface area contributed by atoms with Crippen LogP contribution in [0.2, 0.25) is 0 Å². The van der Waals surface area contributed by atoms with Crippen LogP contribution in [0.15, 0.2) is 18.3 Å². The molecular formula is C14H21N3O4. The van der Waals surface area contributed by atoms with E-state index in [2.05, 4.69) is 15.6 Å². The molecule has 1 unspecified atom stereocenters. The van der Waals surface area contributed by atoms with Gasteiger partial charge >= 0.3 is 12.1 Å². The van der Waals surface area contributed by atoms with Crippen LogP contribution >= 0.6 is 0 Å². The lowest BCUT2D eigenvalue weighted by Crippen LogP contribution is -2.28. The lowest BCUT2D eigenvalue weighted by molar-refractivity contribution is -0.137. The number of carbonyl (C=O) groups excluding carboxylic acids is 1. The fraction of sp³-hybridized carbons (Fsp3) is 0.500. The van der Waals surface area contributed by atoms with E-state index in [0.717, 1.165) is 0 Å². The van der Waals surface area contributed by atoms with Gasteiger partial charge in [-0.15, -0.1) is 0 Å². The fourth-order valence-corrected chi connectivity index (χ4v) is 1.50. The first-order valence-electron chi connectivity index (χ1n) is 6.66. The molecule has 0 saturated carbocycles. The van der Waals surface area contributed by atoms with Crippen molar-refractivity contribution >= 4 is 23.6 Å². The number of carbonyl (C=O) groups is 2. The standard InChI is InChI=1S/C14H21N3O4/c1-5-10(12(18)19)16-9-6-7-11(15-8-9)17-13(20)21-14(2,3)4/h6-8,10,16H,5H2,1-4H3,(H,18,19)(H,15,17,20). The van der Waals surface area contributed by atoms with E-state index in [1.165, 1.54) is 6.20 Å². The summed E-state index contributed by atoms with van der Waals surface area (Å²) in [4.78, 5) is 26.5. The van der Waals surface area contributed by atoms with Gasteiger partial charge in [0, 0.05) is 0 Å². The molecule has 0 saturated heterocycles. The van der Waals surface area contributed by atoms with Crippen LogP contribution in [0, 0.1) is 0 Å².